The predicted molar refractivity (Wildman–Crippen MR) is 100 cm³/mol. The van der Waals surface area contributed by atoms with Gasteiger partial charge in [-0.25, -0.2) is 0 Å². The molecule has 2 atom stereocenters. The number of halogens is 2. The van der Waals surface area contributed by atoms with Gasteiger partial charge < -0.3 is 11.1 Å². The molecule has 1 saturated heterocycles. The normalized spacial score (nSPS) is 19.4. The van der Waals surface area contributed by atoms with Gasteiger partial charge in [0.05, 0.1) is 6.04 Å². The second kappa shape index (κ2) is 9.48. The molecule has 1 aliphatic heterocycles. The van der Waals surface area contributed by atoms with Crippen LogP contribution in [0.1, 0.15) is 32.8 Å². The molecule has 1 amide bonds. The Bertz CT molecular complexity index is 476. The van der Waals surface area contributed by atoms with E-state index < -0.39 is 6.04 Å². The second-order valence-corrected chi connectivity index (χ2v) is 7.06. The van der Waals surface area contributed by atoms with E-state index in [4.69, 9.17) is 5.73 Å². The van der Waals surface area contributed by atoms with Crippen LogP contribution in [0.3, 0.4) is 0 Å². The smallest absolute Gasteiger partial charge is 0.237 e. The third-order valence-corrected chi connectivity index (χ3v) is 4.08. The first-order valence-corrected chi connectivity index (χ1v) is 7.68. The number of nitrogens with zero attached hydrogens (tertiary/aromatic N) is 1. The minimum atomic E-state index is -0.458. The Morgan fingerprint density at radius 3 is 2.48 bits per heavy atom. The highest BCUT2D eigenvalue weighted by molar-refractivity contribution is 5.85. The zero-order valence-corrected chi connectivity index (χ0v) is 15.8. The molecule has 1 heterocycles. The first-order valence-electron chi connectivity index (χ1n) is 7.68. The average Bonchev–Trinajstić information content (AvgIpc) is 2.85. The summed E-state index contributed by atoms with van der Waals surface area (Å²) in [6.07, 6.45) is 0.995. The minimum absolute atomic E-state index is 0. The monoisotopic (exact) mass is 361 g/mol. The lowest BCUT2D eigenvalue weighted by molar-refractivity contribution is -0.125. The highest BCUT2D eigenvalue weighted by Crippen LogP contribution is 2.18. The van der Waals surface area contributed by atoms with Crippen molar-refractivity contribution in [1.29, 1.82) is 0 Å². The van der Waals surface area contributed by atoms with Gasteiger partial charge in [0, 0.05) is 25.7 Å². The van der Waals surface area contributed by atoms with E-state index in [1.54, 1.807) is 0 Å². The third kappa shape index (κ3) is 6.68. The fraction of sp³-hybridized carbons (Fsp3) is 0.588. The van der Waals surface area contributed by atoms with Crippen molar-refractivity contribution >= 4 is 30.7 Å². The molecule has 1 aliphatic rings. The number of likely N-dealkylation sites (tertiary alicyclic amines) is 1. The molecule has 0 aliphatic carbocycles. The molecule has 3 N–H and O–H groups in total. The molecule has 0 bridgehead atoms. The van der Waals surface area contributed by atoms with Crippen molar-refractivity contribution in [2.75, 3.05) is 13.1 Å². The Hall–Kier alpha value is -0.810. The van der Waals surface area contributed by atoms with Gasteiger partial charge in [0.2, 0.25) is 5.91 Å². The zero-order chi connectivity index (χ0) is 15.5. The van der Waals surface area contributed by atoms with Gasteiger partial charge in [0.1, 0.15) is 0 Å². The number of amides is 1. The van der Waals surface area contributed by atoms with Gasteiger partial charge in [-0.2, -0.15) is 0 Å². The molecule has 2 rings (SSSR count). The number of nitrogens with two attached hydrogens (primary N) is 1. The predicted octanol–water partition coefficient (Wildman–Crippen LogP) is 2.59. The Morgan fingerprint density at radius 2 is 1.91 bits per heavy atom. The van der Waals surface area contributed by atoms with E-state index >= 15 is 0 Å². The summed E-state index contributed by atoms with van der Waals surface area (Å²) in [4.78, 5) is 14.5. The molecule has 0 saturated carbocycles. The fourth-order valence-corrected chi connectivity index (χ4v) is 2.62. The largest absolute Gasteiger partial charge is 0.351 e. The zero-order valence-electron chi connectivity index (χ0n) is 14.1. The Labute approximate surface area is 152 Å². The number of rotatable bonds is 4. The molecule has 1 aromatic carbocycles. The maximum Gasteiger partial charge on any atom is 0.237 e. The number of carbonyl (C=O) groups excluding carboxylic acids is 1. The molecule has 23 heavy (non-hydrogen) atoms. The van der Waals surface area contributed by atoms with E-state index in [1.807, 2.05) is 26.8 Å². The Morgan fingerprint density at radius 1 is 1.30 bits per heavy atom. The summed E-state index contributed by atoms with van der Waals surface area (Å²) in [5.41, 5.74) is 7.12. The van der Waals surface area contributed by atoms with Gasteiger partial charge in [0.15, 0.2) is 0 Å². The number of hydrogen-bond donors (Lipinski definition) is 2. The van der Waals surface area contributed by atoms with Crippen LogP contribution in [0.5, 0.6) is 0 Å². The number of nitrogens with one attached hydrogen (secondary N) is 1. The van der Waals surface area contributed by atoms with E-state index in [0.29, 0.717) is 0 Å². The van der Waals surface area contributed by atoms with Crippen molar-refractivity contribution in [2.24, 2.45) is 11.1 Å². The molecule has 0 radical (unpaired) electrons. The Kier molecular flexibility index (Phi) is 9.14. The van der Waals surface area contributed by atoms with Crippen LogP contribution in [0.15, 0.2) is 30.3 Å². The van der Waals surface area contributed by atoms with E-state index in [9.17, 15) is 4.79 Å². The van der Waals surface area contributed by atoms with Gasteiger partial charge in [-0.1, -0.05) is 51.1 Å². The van der Waals surface area contributed by atoms with E-state index in [1.165, 1.54) is 5.56 Å². The van der Waals surface area contributed by atoms with Crippen molar-refractivity contribution in [2.45, 2.75) is 45.8 Å². The molecule has 0 aromatic heterocycles. The summed E-state index contributed by atoms with van der Waals surface area (Å²) < 4.78 is 0. The lowest BCUT2D eigenvalue weighted by atomic mass is 9.87. The van der Waals surface area contributed by atoms with Crippen molar-refractivity contribution in [1.82, 2.24) is 10.2 Å². The fourth-order valence-electron chi connectivity index (χ4n) is 2.62. The van der Waals surface area contributed by atoms with Crippen LogP contribution < -0.4 is 11.1 Å². The van der Waals surface area contributed by atoms with Crippen LogP contribution >= 0.6 is 24.8 Å². The van der Waals surface area contributed by atoms with Crippen LogP contribution in [-0.2, 0) is 11.3 Å². The van der Waals surface area contributed by atoms with Gasteiger partial charge in [0.25, 0.3) is 0 Å². The summed E-state index contributed by atoms with van der Waals surface area (Å²) in [6.45, 7) is 8.84. The summed E-state index contributed by atoms with van der Waals surface area (Å²) in [5.74, 6) is -0.0333. The lowest BCUT2D eigenvalue weighted by Crippen LogP contribution is -2.51. The van der Waals surface area contributed by atoms with Crippen molar-refractivity contribution < 1.29 is 4.79 Å². The summed E-state index contributed by atoms with van der Waals surface area (Å²) in [7, 11) is 0. The maximum atomic E-state index is 12.2. The highest BCUT2D eigenvalue weighted by atomic mass is 35.5. The van der Waals surface area contributed by atoms with E-state index in [-0.39, 0.29) is 42.2 Å². The summed E-state index contributed by atoms with van der Waals surface area (Å²) in [5, 5.41) is 3.10. The van der Waals surface area contributed by atoms with Gasteiger partial charge in [-0.3, -0.25) is 9.69 Å². The van der Waals surface area contributed by atoms with Gasteiger partial charge >= 0.3 is 0 Å². The Balaban J connectivity index is 0.00000242. The van der Waals surface area contributed by atoms with Crippen LogP contribution in [0, 0.1) is 5.41 Å². The van der Waals surface area contributed by atoms with Crippen LogP contribution in [0.4, 0.5) is 0 Å². The molecule has 4 nitrogen and oxygen atoms in total. The number of hydrogen-bond acceptors (Lipinski definition) is 3. The summed E-state index contributed by atoms with van der Waals surface area (Å²) >= 11 is 0. The van der Waals surface area contributed by atoms with Gasteiger partial charge in [-0.05, 0) is 17.4 Å². The summed E-state index contributed by atoms with van der Waals surface area (Å²) in [6, 6.07) is 10.2. The molecular weight excluding hydrogens is 333 g/mol. The second-order valence-electron chi connectivity index (χ2n) is 7.06. The average molecular weight is 362 g/mol. The molecule has 1 unspecified atom stereocenters. The maximum absolute atomic E-state index is 12.2. The molecule has 1 aromatic rings. The molecule has 6 heteroatoms. The highest BCUT2D eigenvalue weighted by Gasteiger charge is 2.30. The topological polar surface area (TPSA) is 58.4 Å². The van der Waals surface area contributed by atoms with Crippen molar-refractivity contribution in [3.63, 3.8) is 0 Å². The molecular formula is C17H29Cl2N3O. The quantitative estimate of drug-likeness (QED) is 0.866. The van der Waals surface area contributed by atoms with Crippen molar-refractivity contribution in [3.8, 4) is 0 Å². The first kappa shape index (κ1) is 22.2. The lowest BCUT2D eigenvalue weighted by Gasteiger charge is -2.27. The number of benzene rings is 1. The minimum Gasteiger partial charge on any atom is -0.351 e. The van der Waals surface area contributed by atoms with Gasteiger partial charge in [-0.15, -0.1) is 24.8 Å². The molecule has 1 fully saturated rings. The van der Waals surface area contributed by atoms with E-state index in [0.717, 1.165) is 26.1 Å². The first-order chi connectivity index (χ1) is 9.86. The van der Waals surface area contributed by atoms with E-state index in [2.05, 4.69) is 34.5 Å². The standard InChI is InChI=1S/C17H27N3O.2ClH/c1-17(2,3)15(18)16(21)19-14-9-10-20(12-14)11-13-7-5-4-6-8-13;;/h4-8,14-15H,9-12,18H2,1-3H3,(H,19,21);2*1H/t14?,15-;;/m1../s1. The molecule has 0 spiro atoms. The SMILES string of the molecule is CC(C)(C)[C@H](N)C(=O)NC1CCN(Cc2ccccc2)C1.Cl.Cl. The number of carbonyl (C=O) groups is 1. The van der Waals surface area contributed by atoms with Crippen LogP contribution in [0.2, 0.25) is 0 Å². The van der Waals surface area contributed by atoms with Crippen LogP contribution in [-0.4, -0.2) is 36.0 Å². The van der Waals surface area contributed by atoms with Crippen molar-refractivity contribution in [3.05, 3.63) is 35.9 Å². The van der Waals surface area contributed by atoms with Crippen LogP contribution in [0.25, 0.3) is 0 Å². The third-order valence-electron chi connectivity index (χ3n) is 4.08. The molecule has 132 valence electrons.